The quantitative estimate of drug-likeness (QED) is 0.684. The van der Waals surface area contributed by atoms with E-state index in [4.69, 9.17) is 10.5 Å². The highest BCUT2D eigenvalue weighted by molar-refractivity contribution is 5.75. The van der Waals surface area contributed by atoms with Crippen LogP contribution in [-0.4, -0.2) is 22.0 Å². The zero-order valence-corrected chi connectivity index (χ0v) is 13.2. The van der Waals surface area contributed by atoms with E-state index in [9.17, 15) is 4.79 Å². The normalized spacial score (nSPS) is 11.9. The van der Waals surface area contributed by atoms with Crippen LogP contribution in [0.25, 0.3) is 11.3 Å². The predicted molar refractivity (Wildman–Crippen MR) is 91.9 cm³/mol. The van der Waals surface area contributed by atoms with Crippen molar-refractivity contribution in [2.45, 2.75) is 19.1 Å². The third-order valence-corrected chi connectivity index (χ3v) is 3.65. The molecule has 0 saturated carbocycles. The molecule has 3 aromatic rings. The number of hydrogen-bond donors (Lipinski definition) is 2. The first kappa shape index (κ1) is 16.0. The molecule has 0 spiro atoms. The topological polar surface area (TPSA) is 81.0 Å². The van der Waals surface area contributed by atoms with Gasteiger partial charge >= 0.3 is 5.97 Å². The van der Waals surface area contributed by atoms with Crippen LogP contribution < -0.4 is 5.73 Å². The largest absolute Gasteiger partial charge is 0.460 e. The van der Waals surface area contributed by atoms with Crippen molar-refractivity contribution in [1.29, 1.82) is 0 Å². The molecule has 1 aromatic heterocycles. The summed E-state index contributed by atoms with van der Waals surface area (Å²) in [4.78, 5) is 19.5. The first-order chi connectivity index (χ1) is 11.7. The molecule has 122 valence electrons. The maximum atomic E-state index is 12.0. The van der Waals surface area contributed by atoms with Gasteiger partial charge in [0.2, 0.25) is 0 Å². The minimum Gasteiger partial charge on any atom is -0.460 e. The monoisotopic (exact) mass is 321 g/mol. The number of aromatic nitrogens is 2. The number of carbonyl (C=O) groups excluding carboxylic acids is 1. The number of rotatable bonds is 6. The number of benzene rings is 2. The van der Waals surface area contributed by atoms with E-state index in [0.29, 0.717) is 12.2 Å². The molecule has 0 saturated heterocycles. The summed E-state index contributed by atoms with van der Waals surface area (Å²) in [5, 5.41) is 0. The fourth-order valence-electron chi connectivity index (χ4n) is 2.36. The van der Waals surface area contributed by atoms with Crippen LogP contribution in [0.15, 0.2) is 66.9 Å². The van der Waals surface area contributed by atoms with Crippen LogP contribution in [0.2, 0.25) is 0 Å². The number of H-pyrrole nitrogens is 1. The molecule has 0 bridgehead atoms. The lowest BCUT2D eigenvalue weighted by Crippen LogP contribution is -2.34. The molecule has 2 aromatic carbocycles. The molecule has 3 rings (SSSR count). The van der Waals surface area contributed by atoms with E-state index in [1.165, 1.54) is 0 Å². The Kier molecular flexibility index (Phi) is 5.03. The Bertz CT molecular complexity index is 785. The van der Waals surface area contributed by atoms with E-state index in [1.54, 1.807) is 6.20 Å². The fourth-order valence-corrected chi connectivity index (χ4v) is 2.36. The lowest BCUT2D eigenvalue weighted by Gasteiger charge is -2.10. The van der Waals surface area contributed by atoms with Gasteiger partial charge in [-0.2, -0.15) is 0 Å². The van der Waals surface area contributed by atoms with Crippen molar-refractivity contribution < 1.29 is 9.53 Å². The molecule has 0 amide bonds. The highest BCUT2D eigenvalue weighted by atomic mass is 16.5. The number of imidazole rings is 1. The lowest BCUT2D eigenvalue weighted by atomic mass is 10.2. The Labute approximate surface area is 140 Å². The molecule has 0 radical (unpaired) electrons. The molecular weight excluding hydrogens is 302 g/mol. The number of carbonyl (C=O) groups is 1. The highest BCUT2D eigenvalue weighted by Gasteiger charge is 2.17. The van der Waals surface area contributed by atoms with Crippen molar-refractivity contribution in [3.8, 4) is 11.3 Å². The number of ether oxygens (including phenoxy) is 1. The van der Waals surface area contributed by atoms with Crippen molar-refractivity contribution in [2.75, 3.05) is 0 Å². The molecule has 1 heterocycles. The van der Waals surface area contributed by atoms with Crippen LogP contribution >= 0.6 is 0 Å². The average Bonchev–Trinajstić information content (AvgIpc) is 3.10. The van der Waals surface area contributed by atoms with E-state index < -0.39 is 12.0 Å². The lowest BCUT2D eigenvalue weighted by molar-refractivity contribution is -0.146. The second kappa shape index (κ2) is 7.57. The zero-order chi connectivity index (χ0) is 16.8. The van der Waals surface area contributed by atoms with E-state index in [2.05, 4.69) is 9.97 Å². The molecule has 5 nitrogen and oxygen atoms in total. The third-order valence-electron chi connectivity index (χ3n) is 3.65. The summed E-state index contributed by atoms with van der Waals surface area (Å²) in [5.74, 6) is 0.231. The summed E-state index contributed by atoms with van der Waals surface area (Å²) in [6, 6.07) is 18.6. The maximum absolute atomic E-state index is 12.0. The molecule has 24 heavy (non-hydrogen) atoms. The molecular formula is C19H19N3O2. The SMILES string of the molecule is N[C@@H](Cc1ncc(-c2ccccc2)[nH]1)C(=O)OCc1ccccc1. The van der Waals surface area contributed by atoms with Gasteiger partial charge in [-0.1, -0.05) is 60.7 Å². The first-order valence-corrected chi connectivity index (χ1v) is 7.78. The van der Waals surface area contributed by atoms with E-state index in [-0.39, 0.29) is 6.61 Å². The van der Waals surface area contributed by atoms with Crippen LogP contribution in [-0.2, 0) is 22.6 Å². The van der Waals surface area contributed by atoms with Gasteiger partial charge < -0.3 is 15.5 Å². The number of aromatic amines is 1. The van der Waals surface area contributed by atoms with Crippen LogP contribution in [0, 0.1) is 0 Å². The molecule has 5 heteroatoms. The van der Waals surface area contributed by atoms with Crippen molar-refractivity contribution in [3.63, 3.8) is 0 Å². The van der Waals surface area contributed by atoms with E-state index >= 15 is 0 Å². The molecule has 3 N–H and O–H groups in total. The van der Waals surface area contributed by atoms with Crippen molar-refractivity contribution in [1.82, 2.24) is 9.97 Å². The number of hydrogen-bond acceptors (Lipinski definition) is 4. The van der Waals surface area contributed by atoms with Gasteiger partial charge in [0, 0.05) is 6.42 Å². The molecule has 0 aliphatic carbocycles. The molecule has 0 unspecified atom stereocenters. The summed E-state index contributed by atoms with van der Waals surface area (Å²) >= 11 is 0. The third kappa shape index (κ3) is 4.08. The van der Waals surface area contributed by atoms with Crippen LogP contribution in [0.5, 0.6) is 0 Å². The molecule has 0 aliphatic heterocycles. The summed E-state index contributed by atoms with van der Waals surface area (Å²) in [7, 11) is 0. The van der Waals surface area contributed by atoms with Crippen molar-refractivity contribution >= 4 is 5.97 Å². The van der Waals surface area contributed by atoms with Gasteiger partial charge in [0.05, 0.1) is 11.9 Å². The highest BCUT2D eigenvalue weighted by Crippen LogP contribution is 2.16. The second-order valence-electron chi connectivity index (χ2n) is 5.51. The zero-order valence-electron chi connectivity index (χ0n) is 13.2. The Morgan fingerprint density at radius 3 is 2.46 bits per heavy atom. The van der Waals surface area contributed by atoms with Gasteiger partial charge in [0.15, 0.2) is 0 Å². The van der Waals surface area contributed by atoms with Crippen LogP contribution in [0.4, 0.5) is 0 Å². The number of nitrogens with one attached hydrogen (secondary N) is 1. The minimum atomic E-state index is -0.747. The van der Waals surface area contributed by atoms with Crippen LogP contribution in [0.1, 0.15) is 11.4 Å². The first-order valence-electron chi connectivity index (χ1n) is 7.78. The number of nitrogens with two attached hydrogens (primary N) is 1. The van der Waals surface area contributed by atoms with Gasteiger partial charge in [0.1, 0.15) is 18.5 Å². The smallest absolute Gasteiger partial charge is 0.323 e. The van der Waals surface area contributed by atoms with Crippen LogP contribution in [0.3, 0.4) is 0 Å². The molecule has 0 fully saturated rings. The standard InChI is InChI=1S/C19H19N3O2/c20-16(19(23)24-13-14-7-3-1-4-8-14)11-18-21-12-17(22-18)15-9-5-2-6-10-15/h1-10,12,16H,11,13,20H2,(H,21,22)/t16-/m0/s1. The second-order valence-corrected chi connectivity index (χ2v) is 5.51. The summed E-state index contributed by atoms with van der Waals surface area (Å²) < 4.78 is 5.25. The Morgan fingerprint density at radius 1 is 1.08 bits per heavy atom. The Hall–Kier alpha value is -2.92. The van der Waals surface area contributed by atoms with Gasteiger partial charge in [-0.25, -0.2) is 4.98 Å². The summed E-state index contributed by atoms with van der Waals surface area (Å²) in [5.41, 5.74) is 8.80. The Balaban J connectivity index is 1.55. The Morgan fingerprint density at radius 2 is 1.75 bits per heavy atom. The van der Waals surface area contributed by atoms with Gasteiger partial charge in [0.25, 0.3) is 0 Å². The van der Waals surface area contributed by atoms with Gasteiger partial charge in [-0.05, 0) is 11.1 Å². The van der Waals surface area contributed by atoms with Gasteiger partial charge in [-0.15, -0.1) is 0 Å². The molecule has 0 aliphatic rings. The predicted octanol–water partition coefficient (Wildman–Crippen LogP) is 2.69. The average molecular weight is 321 g/mol. The van der Waals surface area contributed by atoms with E-state index in [0.717, 1.165) is 16.8 Å². The van der Waals surface area contributed by atoms with Gasteiger partial charge in [-0.3, -0.25) is 4.79 Å². The maximum Gasteiger partial charge on any atom is 0.323 e. The molecule has 1 atom stereocenters. The van der Waals surface area contributed by atoms with Crippen molar-refractivity contribution in [3.05, 3.63) is 78.2 Å². The van der Waals surface area contributed by atoms with Crippen molar-refractivity contribution in [2.24, 2.45) is 5.73 Å². The number of esters is 1. The summed E-state index contributed by atoms with van der Waals surface area (Å²) in [6.45, 7) is 0.223. The summed E-state index contributed by atoms with van der Waals surface area (Å²) in [6.07, 6.45) is 2.05. The minimum absolute atomic E-state index is 0.223. The fraction of sp³-hybridized carbons (Fsp3) is 0.158. The van der Waals surface area contributed by atoms with E-state index in [1.807, 2.05) is 60.7 Å². The number of nitrogens with zero attached hydrogens (tertiary/aromatic N) is 1.